The van der Waals surface area contributed by atoms with Crippen molar-refractivity contribution in [2.75, 3.05) is 44.6 Å². The highest BCUT2D eigenvalue weighted by Crippen LogP contribution is 2.26. The molecule has 2 heterocycles. The van der Waals surface area contributed by atoms with E-state index in [-0.39, 0.29) is 17.1 Å². The number of nitrogens with zero attached hydrogens (tertiary/aromatic N) is 2. The molecule has 0 saturated carbocycles. The summed E-state index contributed by atoms with van der Waals surface area (Å²) < 4.78 is 5.72. The zero-order valence-corrected chi connectivity index (χ0v) is 17.0. The molecule has 0 bridgehead atoms. The van der Waals surface area contributed by atoms with Crippen LogP contribution in [0.3, 0.4) is 0 Å². The predicted octanol–water partition coefficient (Wildman–Crippen LogP) is 2.45. The van der Waals surface area contributed by atoms with Gasteiger partial charge in [0.25, 0.3) is 0 Å². The highest BCUT2D eigenvalue weighted by Gasteiger charge is 2.27. The van der Waals surface area contributed by atoms with Crippen molar-refractivity contribution in [3.63, 3.8) is 0 Å². The molecule has 2 unspecified atom stereocenters. The molecule has 2 aliphatic heterocycles. The maximum absolute atomic E-state index is 12.8. The highest BCUT2D eigenvalue weighted by molar-refractivity contribution is 8.00. The van der Waals surface area contributed by atoms with Crippen LogP contribution in [0.2, 0.25) is 0 Å². The third-order valence-electron chi connectivity index (χ3n) is 5.01. The van der Waals surface area contributed by atoms with E-state index in [0.29, 0.717) is 6.10 Å². The van der Waals surface area contributed by atoms with E-state index in [1.54, 1.807) is 11.8 Å². The van der Waals surface area contributed by atoms with E-state index < -0.39 is 0 Å². The van der Waals surface area contributed by atoms with Gasteiger partial charge in [-0.05, 0) is 44.0 Å². The molecule has 1 aromatic rings. The number of carbonyl (C=O) groups is 2. The van der Waals surface area contributed by atoms with Gasteiger partial charge in [0.15, 0.2) is 0 Å². The molecule has 1 N–H and O–H groups in total. The van der Waals surface area contributed by atoms with Crippen LogP contribution in [0.4, 0.5) is 5.69 Å². The van der Waals surface area contributed by atoms with E-state index >= 15 is 0 Å². The minimum absolute atomic E-state index is 0.0856. The van der Waals surface area contributed by atoms with Crippen molar-refractivity contribution < 1.29 is 14.3 Å². The summed E-state index contributed by atoms with van der Waals surface area (Å²) in [5, 5.41) is 2.63. The first-order valence-electron chi connectivity index (χ1n) is 9.68. The number of benzene rings is 1. The third kappa shape index (κ3) is 5.96. The van der Waals surface area contributed by atoms with Gasteiger partial charge in [0, 0.05) is 56.8 Å². The molecule has 2 saturated heterocycles. The van der Waals surface area contributed by atoms with Gasteiger partial charge in [-0.2, -0.15) is 0 Å². The molecule has 27 heavy (non-hydrogen) atoms. The van der Waals surface area contributed by atoms with E-state index in [2.05, 4.69) is 10.2 Å². The molecule has 148 valence electrons. The molecule has 3 rings (SSSR count). The maximum atomic E-state index is 12.8. The Labute approximate surface area is 165 Å². The Bertz CT molecular complexity index is 638. The fraction of sp³-hybridized carbons (Fsp3) is 0.600. The fourth-order valence-corrected chi connectivity index (χ4v) is 4.51. The Morgan fingerprint density at radius 3 is 2.52 bits per heavy atom. The Hall–Kier alpha value is -1.57. The second kappa shape index (κ2) is 9.57. The topological polar surface area (TPSA) is 61.9 Å². The van der Waals surface area contributed by atoms with Crippen LogP contribution in [0, 0.1) is 0 Å². The molecule has 0 radical (unpaired) electrons. The Morgan fingerprint density at radius 1 is 1.22 bits per heavy atom. The van der Waals surface area contributed by atoms with Crippen LogP contribution >= 0.6 is 11.8 Å². The predicted molar refractivity (Wildman–Crippen MR) is 108 cm³/mol. The van der Waals surface area contributed by atoms with Crippen LogP contribution in [-0.2, 0) is 14.3 Å². The number of carbonyl (C=O) groups excluding carboxylic acids is 2. The van der Waals surface area contributed by atoms with Crippen LogP contribution in [0.1, 0.15) is 26.7 Å². The molecule has 0 spiro atoms. The number of nitrogens with one attached hydrogen (secondary N) is 1. The van der Waals surface area contributed by atoms with Crippen molar-refractivity contribution in [3.8, 4) is 0 Å². The summed E-state index contributed by atoms with van der Waals surface area (Å²) in [6.07, 6.45) is 2.71. The lowest BCUT2D eigenvalue weighted by molar-refractivity contribution is -0.132. The molecule has 2 aliphatic rings. The number of ether oxygens (including phenoxy) is 1. The van der Waals surface area contributed by atoms with Crippen molar-refractivity contribution in [3.05, 3.63) is 24.3 Å². The van der Waals surface area contributed by atoms with Crippen LogP contribution in [0.5, 0.6) is 0 Å². The van der Waals surface area contributed by atoms with Gasteiger partial charge in [0.1, 0.15) is 0 Å². The van der Waals surface area contributed by atoms with Gasteiger partial charge in [-0.3, -0.25) is 14.5 Å². The first kappa shape index (κ1) is 20.2. The zero-order valence-electron chi connectivity index (χ0n) is 16.1. The molecule has 2 fully saturated rings. The van der Waals surface area contributed by atoms with Gasteiger partial charge < -0.3 is 15.0 Å². The summed E-state index contributed by atoms with van der Waals surface area (Å²) in [6.45, 7) is 8.77. The van der Waals surface area contributed by atoms with Crippen LogP contribution < -0.4 is 5.32 Å². The molecule has 1 aromatic carbocycles. The molecular weight excluding hydrogens is 362 g/mol. The van der Waals surface area contributed by atoms with Crippen molar-refractivity contribution in [2.24, 2.45) is 0 Å². The van der Waals surface area contributed by atoms with Gasteiger partial charge in [0.2, 0.25) is 11.8 Å². The lowest BCUT2D eigenvalue weighted by Gasteiger charge is -2.36. The number of thioether (sulfide) groups is 1. The number of anilines is 1. The third-order valence-corrected chi connectivity index (χ3v) is 6.10. The normalized spacial score (nSPS) is 21.9. The van der Waals surface area contributed by atoms with E-state index in [9.17, 15) is 9.59 Å². The summed E-state index contributed by atoms with van der Waals surface area (Å²) in [5.41, 5.74) is 0.771. The fourth-order valence-electron chi connectivity index (χ4n) is 3.56. The first-order chi connectivity index (χ1) is 13.0. The average molecular weight is 392 g/mol. The molecule has 7 heteroatoms. The monoisotopic (exact) mass is 391 g/mol. The summed E-state index contributed by atoms with van der Waals surface area (Å²) >= 11 is 1.56. The first-order valence-corrected chi connectivity index (χ1v) is 10.6. The van der Waals surface area contributed by atoms with Gasteiger partial charge in [-0.1, -0.05) is 0 Å². The lowest BCUT2D eigenvalue weighted by Crippen LogP contribution is -2.51. The van der Waals surface area contributed by atoms with Gasteiger partial charge in [0.05, 0.1) is 11.4 Å². The molecule has 2 atom stereocenters. The average Bonchev–Trinajstić information content (AvgIpc) is 3.16. The number of amides is 2. The quantitative estimate of drug-likeness (QED) is 0.755. The minimum atomic E-state index is -0.124. The number of hydrogen-bond acceptors (Lipinski definition) is 5. The zero-order chi connectivity index (χ0) is 19.2. The van der Waals surface area contributed by atoms with Crippen LogP contribution in [0.25, 0.3) is 0 Å². The molecule has 6 nitrogen and oxygen atoms in total. The van der Waals surface area contributed by atoms with Crippen molar-refractivity contribution in [1.29, 1.82) is 0 Å². The van der Waals surface area contributed by atoms with Gasteiger partial charge >= 0.3 is 0 Å². The second-order valence-electron chi connectivity index (χ2n) is 7.23. The number of hydrogen-bond donors (Lipinski definition) is 1. The number of rotatable bonds is 6. The Kier molecular flexibility index (Phi) is 7.15. The summed E-state index contributed by atoms with van der Waals surface area (Å²) in [4.78, 5) is 29.3. The van der Waals surface area contributed by atoms with E-state index in [1.807, 2.05) is 36.1 Å². The summed E-state index contributed by atoms with van der Waals surface area (Å²) in [6, 6.07) is 7.62. The largest absolute Gasteiger partial charge is 0.377 e. The SMILES string of the molecule is CC(=O)Nc1ccc(SC(C)C(=O)N2CCN(CC3CCCO3)CC2)cc1. The minimum Gasteiger partial charge on any atom is -0.377 e. The lowest BCUT2D eigenvalue weighted by atomic mass is 10.2. The van der Waals surface area contributed by atoms with Crippen molar-refractivity contribution in [1.82, 2.24) is 9.80 Å². The maximum Gasteiger partial charge on any atom is 0.235 e. The molecular formula is C20H29N3O3S. The Balaban J connectivity index is 1.44. The standard InChI is InChI=1S/C20H29N3O3S/c1-15(27-19-7-5-17(6-8-19)21-16(2)24)20(25)23-11-9-22(10-12-23)14-18-4-3-13-26-18/h5-8,15,18H,3-4,9-14H2,1-2H3,(H,21,24). The van der Waals surface area contributed by atoms with Gasteiger partial charge in [-0.25, -0.2) is 0 Å². The summed E-state index contributed by atoms with van der Waals surface area (Å²) in [7, 11) is 0. The van der Waals surface area contributed by atoms with E-state index in [4.69, 9.17) is 4.74 Å². The van der Waals surface area contributed by atoms with Crippen LogP contribution in [-0.4, -0.2) is 72.3 Å². The highest BCUT2D eigenvalue weighted by atomic mass is 32.2. The second-order valence-corrected chi connectivity index (χ2v) is 8.64. The molecule has 0 aromatic heterocycles. The van der Waals surface area contributed by atoms with E-state index in [0.717, 1.165) is 56.3 Å². The van der Waals surface area contributed by atoms with Gasteiger partial charge in [-0.15, -0.1) is 11.8 Å². The molecule has 0 aliphatic carbocycles. The van der Waals surface area contributed by atoms with Crippen molar-refractivity contribution in [2.45, 2.75) is 42.9 Å². The number of piperazine rings is 1. The Morgan fingerprint density at radius 2 is 1.93 bits per heavy atom. The summed E-state index contributed by atoms with van der Waals surface area (Å²) in [5.74, 6) is 0.111. The smallest absolute Gasteiger partial charge is 0.235 e. The molecule has 2 amide bonds. The van der Waals surface area contributed by atoms with Crippen LogP contribution in [0.15, 0.2) is 29.2 Å². The van der Waals surface area contributed by atoms with Crippen molar-refractivity contribution >= 4 is 29.3 Å². The van der Waals surface area contributed by atoms with E-state index in [1.165, 1.54) is 13.3 Å².